The molecular weight excluding hydrogens is 284 g/mol. The molecule has 0 radical (unpaired) electrons. The maximum atomic E-state index is 6.35. The topological polar surface area (TPSA) is 38.9 Å². The summed E-state index contributed by atoms with van der Waals surface area (Å²) in [5.41, 5.74) is 4.27. The molecule has 2 aromatic heterocycles. The van der Waals surface area contributed by atoms with E-state index in [-0.39, 0.29) is 0 Å². The zero-order valence-electron chi connectivity index (χ0n) is 11.9. The maximum absolute atomic E-state index is 6.35. The Morgan fingerprint density at radius 2 is 1.95 bits per heavy atom. The molecule has 0 atom stereocenters. The van der Waals surface area contributed by atoms with Crippen molar-refractivity contribution in [2.45, 2.75) is 20.3 Å². The highest BCUT2D eigenvalue weighted by atomic mass is 35.5. The van der Waals surface area contributed by atoms with E-state index in [1.54, 1.807) is 6.26 Å². The number of benzene rings is 1. The summed E-state index contributed by atoms with van der Waals surface area (Å²) in [6.45, 7) is 4.03. The molecule has 2 heterocycles. The largest absolute Gasteiger partial charge is 0.461 e. The Bertz CT molecular complexity index is 743. The summed E-state index contributed by atoms with van der Waals surface area (Å²) in [7, 11) is 0. The first-order valence-electron chi connectivity index (χ1n) is 6.76. The molecular formula is C17H15ClN2O. The molecule has 0 spiro atoms. The average Bonchev–Trinajstić information content (AvgIpc) is 2.97. The van der Waals surface area contributed by atoms with Crippen LogP contribution in [-0.2, 0) is 6.42 Å². The van der Waals surface area contributed by atoms with E-state index in [9.17, 15) is 0 Å². The number of furan rings is 1. The van der Waals surface area contributed by atoms with E-state index >= 15 is 0 Å². The molecule has 106 valence electrons. The second kappa shape index (κ2) is 5.70. The Morgan fingerprint density at radius 3 is 2.62 bits per heavy atom. The molecule has 3 rings (SSSR count). The van der Waals surface area contributed by atoms with Gasteiger partial charge >= 0.3 is 0 Å². The van der Waals surface area contributed by atoms with E-state index in [0.29, 0.717) is 16.7 Å². The van der Waals surface area contributed by atoms with E-state index in [0.717, 1.165) is 17.7 Å². The predicted octanol–water partition coefficient (Wildman–Crippen LogP) is 4.60. The number of halogens is 1. The van der Waals surface area contributed by atoms with E-state index in [2.05, 4.69) is 35.1 Å². The lowest BCUT2D eigenvalue weighted by atomic mass is 10.0. The summed E-state index contributed by atoms with van der Waals surface area (Å²) in [4.78, 5) is 8.86. The van der Waals surface area contributed by atoms with Crippen LogP contribution in [0.4, 0.5) is 0 Å². The molecule has 4 heteroatoms. The Hall–Kier alpha value is -2.13. The third-order valence-electron chi connectivity index (χ3n) is 3.37. The molecule has 21 heavy (non-hydrogen) atoms. The highest BCUT2D eigenvalue weighted by Gasteiger charge is 2.13. The van der Waals surface area contributed by atoms with Crippen LogP contribution in [0.5, 0.6) is 0 Å². The van der Waals surface area contributed by atoms with Gasteiger partial charge in [0.05, 0.1) is 6.26 Å². The van der Waals surface area contributed by atoms with Crippen molar-refractivity contribution in [1.82, 2.24) is 9.97 Å². The predicted molar refractivity (Wildman–Crippen MR) is 83.5 cm³/mol. The molecule has 0 N–H and O–H groups in total. The maximum Gasteiger partial charge on any atom is 0.197 e. The van der Waals surface area contributed by atoms with Crippen LogP contribution in [0.1, 0.15) is 22.4 Å². The van der Waals surface area contributed by atoms with Crippen LogP contribution < -0.4 is 0 Å². The lowest BCUT2D eigenvalue weighted by Crippen LogP contribution is -2.01. The molecule has 1 aromatic carbocycles. The fourth-order valence-corrected chi connectivity index (χ4v) is 2.59. The van der Waals surface area contributed by atoms with Gasteiger partial charge in [-0.2, -0.15) is 0 Å². The fourth-order valence-electron chi connectivity index (χ4n) is 2.30. The number of aromatic nitrogens is 2. The lowest BCUT2D eigenvalue weighted by Gasteiger charge is -2.09. The summed E-state index contributed by atoms with van der Waals surface area (Å²) in [5.74, 6) is 1.15. The van der Waals surface area contributed by atoms with Gasteiger partial charge < -0.3 is 4.42 Å². The number of rotatable bonds is 3. The minimum atomic E-state index is 0.482. The molecule has 0 aliphatic carbocycles. The number of nitrogens with zero attached hydrogens (tertiary/aromatic N) is 2. The van der Waals surface area contributed by atoms with Crippen molar-refractivity contribution in [1.29, 1.82) is 0 Å². The molecule has 0 unspecified atom stereocenters. The smallest absolute Gasteiger partial charge is 0.197 e. The summed E-state index contributed by atoms with van der Waals surface area (Å²) >= 11 is 6.35. The minimum absolute atomic E-state index is 0.482. The highest BCUT2D eigenvalue weighted by molar-refractivity contribution is 6.30. The van der Waals surface area contributed by atoms with Gasteiger partial charge in [0.25, 0.3) is 0 Å². The Balaban J connectivity index is 1.97. The van der Waals surface area contributed by atoms with Crippen LogP contribution in [0.2, 0.25) is 5.15 Å². The molecule has 0 saturated heterocycles. The number of hydrogen-bond acceptors (Lipinski definition) is 3. The third-order valence-corrected chi connectivity index (χ3v) is 3.68. The van der Waals surface area contributed by atoms with Gasteiger partial charge in [0.2, 0.25) is 0 Å². The van der Waals surface area contributed by atoms with Gasteiger partial charge in [-0.05, 0) is 31.5 Å². The zero-order chi connectivity index (χ0) is 14.8. The molecule has 0 aliphatic heterocycles. The molecule has 3 nitrogen and oxygen atoms in total. The second-order valence-corrected chi connectivity index (χ2v) is 5.40. The van der Waals surface area contributed by atoms with E-state index in [1.165, 1.54) is 11.1 Å². The standard InChI is InChI=1S/C17H15ClN2O/c1-11-5-3-6-13(9-11)10-14-12(2)19-17(20-16(14)18)15-7-4-8-21-15/h3-9H,10H2,1-2H3. The van der Waals surface area contributed by atoms with Crippen molar-refractivity contribution in [2.24, 2.45) is 0 Å². The Labute approximate surface area is 128 Å². The van der Waals surface area contributed by atoms with Crippen molar-refractivity contribution in [3.63, 3.8) is 0 Å². The van der Waals surface area contributed by atoms with Crippen LogP contribution in [0.3, 0.4) is 0 Å². The second-order valence-electron chi connectivity index (χ2n) is 5.05. The van der Waals surface area contributed by atoms with Crippen LogP contribution in [0.15, 0.2) is 47.1 Å². The fraction of sp³-hybridized carbons (Fsp3) is 0.176. The lowest BCUT2D eigenvalue weighted by molar-refractivity contribution is 0.576. The summed E-state index contributed by atoms with van der Waals surface area (Å²) in [5, 5.41) is 0.482. The van der Waals surface area contributed by atoms with Gasteiger partial charge in [0.1, 0.15) is 5.15 Å². The molecule has 0 amide bonds. The van der Waals surface area contributed by atoms with Gasteiger partial charge in [0.15, 0.2) is 11.6 Å². The molecule has 0 saturated carbocycles. The van der Waals surface area contributed by atoms with Crippen LogP contribution >= 0.6 is 11.6 Å². The monoisotopic (exact) mass is 298 g/mol. The number of hydrogen-bond donors (Lipinski definition) is 0. The summed E-state index contributed by atoms with van der Waals surface area (Å²) < 4.78 is 5.32. The van der Waals surface area contributed by atoms with Crippen molar-refractivity contribution < 1.29 is 4.42 Å². The molecule has 0 bridgehead atoms. The van der Waals surface area contributed by atoms with E-state index < -0.39 is 0 Å². The van der Waals surface area contributed by atoms with E-state index in [1.807, 2.05) is 25.1 Å². The SMILES string of the molecule is Cc1cccc(Cc2c(C)nc(-c3ccco3)nc2Cl)c1. The van der Waals surface area contributed by atoms with Gasteiger partial charge in [-0.25, -0.2) is 9.97 Å². The Morgan fingerprint density at radius 1 is 1.10 bits per heavy atom. The first kappa shape index (κ1) is 13.8. The highest BCUT2D eigenvalue weighted by Crippen LogP contribution is 2.24. The van der Waals surface area contributed by atoms with E-state index in [4.69, 9.17) is 16.0 Å². The quantitative estimate of drug-likeness (QED) is 0.663. The first-order chi connectivity index (χ1) is 10.1. The minimum Gasteiger partial charge on any atom is -0.461 e. The summed E-state index contributed by atoms with van der Waals surface area (Å²) in [6.07, 6.45) is 2.33. The molecule has 0 aliphatic rings. The van der Waals surface area contributed by atoms with Crippen LogP contribution in [0, 0.1) is 13.8 Å². The van der Waals surface area contributed by atoms with Gasteiger partial charge in [0, 0.05) is 17.7 Å². The van der Waals surface area contributed by atoms with Crippen LogP contribution in [0.25, 0.3) is 11.6 Å². The number of aryl methyl sites for hydroxylation is 2. The zero-order valence-corrected chi connectivity index (χ0v) is 12.7. The van der Waals surface area contributed by atoms with Crippen molar-refractivity contribution >= 4 is 11.6 Å². The van der Waals surface area contributed by atoms with Crippen molar-refractivity contribution in [2.75, 3.05) is 0 Å². The third kappa shape index (κ3) is 2.98. The normalized spacial score (nSPS) is 10.8. The van der Waals surface area contributed by atoms with Crippen molar-refractivity contribution in [3.05, 3.63) is 70.2 Å². The van der Waals surface area contributed by atoms with Gasteiger partial charge in [-0.1, -0.05) is 41.4 Å². The first-order valence-corrected chi connectivity index (χ1v) is 7.14. The Kier molecular flexibility index (Phi) is 3.76. The molecule has 3 aromatic rings. The van der Waals surface area contributed by atoms with Gasteiger partial charge in [-0.3, -0.25) is 0 Å². The van der Waals surface area contributed by atoms with Crippen molar-refractivity contribution in [3.8, 4) is 11.6 Å². The van der Waals surface area contributed by atoms with Gasteiger partial charge in [-0.15, -0.1) is 0 Å². The average molecular weight is 299 g/mol. The van der Waals surface area contributed by atoms with Crippen LogP contribution in [-0.4, -0.2) is 9.97 Å². The molecule has 0 fully saturated rings. The summed E-state index contributed by atoms with van der Waals surface area (Å²) in [6, 6.07) is 12.0.